The predicted octanol–water partition coefficient (Wildman–Crippen LogP) is 1.33. The minimum Gasteiger partial charge on any atom is -0.352 e. The molecule has 1 atom stereocenters. The summed E-state index contributed by atoms with van der Waals surface area (Å²) in [6, 6.07) is 0. The van der Waals surface area contributed by atoms with Gasteiger partial charge in [-0.05, 0) is 30.7 Å². The first-order valence-corrected chi connectivity index (χ1v) is 7.73. The van der Waals surface area contributed by atoms with E-state index in [4.69, 9.17) is 5.73 Å². The van der Waals surface area contributed by atoms with E-state index >= 15 is 0 Å². The van der Waals surface area contributed by atoms with E-state index in [1.807, 2.05) is 24.3 Å². The molecule has 3 N–H and O–H groups in total. The number of amides is 1. The Balaban J connectivity index is 1.88. The first-order chi connectivity index (χ1) is 9.78. The van der Waals surface area contributed by atoms with E-state index in [1.54, 1.807) is 18.0 Å². The SMILES string of the molecule is NCCCNC(=O)C1=C2C=CN=C3C=CC=CC32SC1. The van der Waals surface area contributed by atoms with Crippen molar-refractivity contribution in [3.63, 3.8) is 0 Å². The van der Waals surface area contributed by atoms with Crippen molar-refractivity contribution in [1.29, 1.82) is 0 Å². The molecule has 0 fully saturated rings. The number of rotatable bonds is 4. The lowest BCUT2D eigenvalue weighted by Gasteiger charge is -2.31. The predicted molar refractivity (Wildman–Crippen MR) is 83.8 cm³/mol. The van der Waals surface area contributed by atoms with Crippen molar-refractivity contribution in [3.8, 4) is 0 Å². The second kappa shape index (κ2) is 5.42. The van der Waals surface area contributed by atoms with Crippen LogP contribution in [0.2, 0.25) is 0 Å². The summed E-state index contributed by atoms with van der Waals surface area (Å²) in [4.78, 5) is 16.8. The topological polar surface area (TPSA) is 67.5 Å². The van der Waals surface area contributed by atoms with E-state index in [1.165, 1.54) is 0 Å². The first-order valence-electron chi connectivity index (χ1n) is 6.74. The van der Waals surface area contributed by atoms with Gasteiger partial charge in [-0.2, -0.15) is 0 Å². The highest BCUT2D eigenvalue weighted by molar-refractivity contribution is 8.02. The second-order valence-electron chi connectivity index (χ2n) is 4.86. The summed E-state index contributed by atoms with van der Waals surface area (Å²) in [7, 11) is 0. The van der Waals surface area contributed by atoms with Crippen LogP contribution in [-0.4, -0.2) is 35.2 Å². The van der Waals surface area contributed by atoms with E-state index in [-0.39, 0.29) is 10.7 Å². The van der Waals surface area contributed by atoms with Gasteiger partial charge in [0, 0.05) is 24.1 Å². The van der Waals surface area contributed by atoms with E-state index in [9.17, 15) is 4.79 Å². The number of nitrogens with two attached hydrogens (primary N) is 1. The summed E-state index contributed by atoms with van der Waals surface area (Å²) in [6.45, 7) is 1.22. The molecule has 0 saturated heterocycles. The Kier molecular flexibility index (Phi) is 3.63. The lowest BCUT2D eigenvalue weighted by Crippen LogP contribution is -2.35. The maximum Gasteiger partial charge on any atom is 0.248 e. The average molecular weight is 287 g/mol. The van der Waals surface area contributed by atoms with Crippen LogP contribution in [0.1, 0.15) is 6.42 Å². The van der Waals surface area contributed by atoms with Crippen molar-refractivity contribution in [1.82, 2.24) is 5.32 Å². The Bertz CT molecular complexity index is 586. The van der Waals surface area contributed by atoms with E-state index in [0.29, 0.717) is 18.8 Å². The molecule has 1 spiro atoms. The lowest BCUT2D eigenvalue weighted by molar-refractivity contribution is -0.117. The zero-order valence-electron chi connectivity index (χ0n) is 11.1. The van der Waals surface area contributed by atoms with Gasteiger partial charge in [-0.3, -0.25) is 9.79 Å². The van der Waals surface area contributed by atoms with Crippen LogP contribution in [0.3, 0.4) is 0 Å². The number of nitrogens with one attached hydrogen (secondary N) is 1. The highest BCUT2D eigenvalue weighted by Gasteiger charge is 2.45. The minimum atomic E-state index is -0.260. The third kappa shape index (κ3) is 2.07. The van der Waals surface area contributed by atoms with Crippen molar-refractivity contribution >= 4 is 23.4 Å². The van der Waals surface area contributed by atoms with Crippen LogP contribution in [0.25, 0.3) is 0 Å². The summed E-state index contributed by atoms with van der Waals surface area (Å²) in [5.41, 5.74) is 8.38. The van der Waals surface area contributed by atoms with Crippen molar-refractivity contribution in [2.75, 3.05) is 18.8 Å². The van der Waals surface area contributed by atoms with Crippen LogP contribution in [-0.2, 0) is 4.79 Å². The monoisotopic (exact) mass is 287 g/mol. The Hall–Kier alpha value is -1.59. The molecule has 0 aromatic carbocycles. The average Bonchev–Trinajstić information content (AvgIpc) is 2.85. The summed E-state index contributed by atoms with van der Waals surface area (Å²) in [5, 5.41) is 2.94. The minimum absolute atomic E-state index is 0.0201. The highest BCUT2D eigenvalue weighted by Crippen LogP contribution is 2.48. The molecular formula is C15H17N3OS. The van der Waals surface area contributed by atoms with Gasteiger partial charge >= 0.3 is 0 Å². The fourth-order valence-corrected chi connectivity index (χ4v) is 4.07. The largest absolute Gasteiger partial charge is 0.352 e. The lowest BCUT2D eigenvalue weighted by atomic mass is 9.85. The number of carbonyl (C=O) groups is 1. The van der Waals surface area contributed by atoms with Crippen molar-refractivity contribution in [3.05, 3.63) is 47.7 Å². The molecule has 0 aromatic rings. The molecule has 1 aliphatic carbocycles. The third-order valence-corrected chi connectivity index (χ3v) is 5.09. The van der Waals surface area contributed by atoms with Crippen molar-refractivity contribution in [2.45, 2.75) is 11.2 Å². The normalized spacial score (nSPS) is 26.4. The number of allylic oxidation sites excluding steroid dienone is 4. The van der Waals surface area contributed by atoms with Gasteiger partial charge in [0.15, 0.2) is 0 Å². The van der Waals surface area contributed by atoms with E-state index in [2.05, 4.69) is 16.4 Å². The number of nitrogens with zero attached hydrogens (tertiary/aromatic N) is 1. The molecule has 0 aromatic heterocycles. The molecule has 3 rings (SSSR count). The zero-order valence-corrected chi connectivity index (χ0v) is 12.0. The number of aliphatic imine (C=N–C) groups is 1. The summed E-state index contributed by atoms with van der Waals surface area (Å²) >= 11 is 1.75. The zero-order chi connectivity index (χ0) is 14.0. The van der Waals surface area contributed by atoms with Crippen LogP contribution in [0, 0.1) is 0 Å². The molecule has 0 bridgehead atoms. The maximum absolute atomic E-state index is 12.3. The van der Waals surface area contributed by atoms with Gasteiger partial charge in [0.25, 0.3) is 0 Å². The molecule has 3 aliphatic rings. The highest BCUT2D eigenvalue weighted by atomic mass is 32.2. The number of thioether (sulfide) groups is 1. The molecule has 5 heteroatoms. The molecule has 0 saturated carbocycles. The number of hydrogen-bond donors (Lipinski definition) is 2. The van der Waals surface area contributed by atoms with E-state index in [0.717, 1.165) is 23.3 Å². The fourth-order valence-electron chi connectivity index (χ4n) is 2.62. The molecule has 1 amide bonds. The van der Waals surface area contributed by atoms with Gasteiger partial charge in [-0.15, -0.1) is 11.8 Å². The summed E-state index contributed by atoms with van der Waals surface area (Å²) < 4.78 is -0.260. The summed E-state index contributed by atoms with van der Waals surface area (Å²) in [5.74, 6) is 0.734. The maximum atomic E-state index is 12.3. The Morgan fingerprint density at radius 2 is 2.35 bits per heavy atom. The quantitative estimate of drug-likeness (QED) is 0.767. The van der Waals surface area contributed by atoms with Crippen molar-refractivity contribution < 1.29 is 4.79 Å². The standard InChI is InChI=1S/C15H17N3OS/c16-7-3-8-18-14(19)11-10-20-15-6-2-1-4-13(15)17-9-5-12(11)15/h1-2,4-6,9H,3,7-8,10,16H2,(H,18,19). The number of carbonyl (C=O) groups excluding carboxylic acids is 1. The van der Waals surface area contributed by atoms with E-state index < -0.39 is 0 Å². The van der Waals surface area contributed by atoms with Crippen LogP contribution in [0.5, 0.6) is 0 Å². The summed E-state index contributed by atoms with van der Waals surface area (Å²) in [6.07, 6.45) is 12.7. The van der Waals surface area contributed by atoms with Crippen LogP contribution in [0.4, 0.5) is 0 Å². The van der Waals surface area contributed by atoms with Gasteiger partial charge in [0.05, 0.1) is 5.71 Å². The molecule has 4 nitrogen and oxygen atoms in total. The van der Waals surface area contributed by atoms with Gasteiger partial charge in [-0.25, -0.2) is 0 Å². The van der Waals surface area contributed by atoms with Gasteiger partial charge < -0.3 is 11.1 Å². The molecule has 104 valence electrons. The van der Waals surface area contributed by atoms with Crippen LogP contribution >= 0.6 is 11.8 Å². The Labute approximate surface area is 122 Å². The smallest absolute Gasteiger partial charge is 0.248 e. The molecule has 0 radical (unpaired) electrons. The second-order valence-corrected chi connectivity index (χ2v) is 6.08. The first kappa shape index (κ1) is 13.4. The van der Waals surface area contributed by atoms with Crippen LogP contribution < -0.4 is 11.1 Å². The molecule has 1 unspecified atom stereocenters. The van der Waals surface area contributed by atoms with Gasteiger partial charge in [0.1, 0.15) is 4.75 Å². The molecule has 2 heterocycles. The van der Waals surface area contributed by atoms with Gasteiger partial charge in [-0.1, -0.05) is 18.2 Å². The third-order valence-electron chi connectivity index (χ3n) is 3.64. The van der Waals surface area contributed by atoms with Crippen molar-refractivity contribution in [2.24, 2.45) is 10.7 Å². The Morgan fingerprint density at radius 3 is 3.20 bits per heavy atom. The molecule has 20 heavy (non-hydrogen) atoms. The number of hydrogen-bond acceptors (Lipinski definition) is 4. The molecule has 2 aliphatic heterocycles. The fraction of sp³-hybridized carbons (Fsp3) is 0.333. The van der Waals surface area contributed by atoms with Gasteiger partial charge in [0.2, 0.25) is 5.91 Å². The molecular weight excluding hydrogens is 270 g/mol. The van der Waals surface area contributed by atoms with Crippen LogP contribution in [0.15, 0.2) is 52.7 Å². The Morgan fingerprint density at radius 1 is 1.45 bits per heavy atom.